The van der Waals surface area contributed by atoms with Crippen LogP contribution in [0.25, 0.3) is 0 Å². The predicted octanol–water partition coefficient (Wildman–Crippen LogP) is 2.55. The Morgan fingerprint density at radius 3 is 2.58 bits per heavy atom. The molecule has 9 heteroatoms. The molecule has 2 aromatic rings. The van der Waals surface area contributed by atoms with Crippen molar-refractivity contribution in [2.45, 2.75) is 12.3 Å². The molecule has 2 heterocycles. The predicted molar refractivity (Wildman–Crippen MR) is 117 cm³/mol. The average Bonchev–Trinajstić information content (AvgIpc) is 3.13. The number of benzene rings is 2. The standard InChI is InChI=1S/C24H25NO8/c1-30-19-11-14(3-5-17(19)26)16(12-21(28)31-2)22-18(27)6-4-15-23(29)20(33-24(15)22)13-25-7-9-32-10-8-25/h3-6,11,13,16,26-27H,7-10,12H2,1-2H3/b20-13-. The molecule has 0 aliphatic carbocycles. The van der Waals surface area contributed by atoms with Crippen LogP contribution in [-0.4, -0.2) is 67.4 Å². The molecule has 1 atom stereocenters. The number of Topliss-reactive ketones (excluding diaryl/α,β-unsaturated/α-hetero) is 1. The normalized spacial score (nSPS) is 17.5. The van der Waals surface area contributed by atoms with Crippen LogP contribution in [0, 0.1) is 0 Å². The lowest BCUT2D eigenvalue weighted by molar-refractivity contribution is -0.140. The number of ether oxygens (including phenoxy) is 4. The van der Waals surface area contributed by atoms with Crippen LogP contribution in [0.1, 0.15) is 33.8 Å². The lowest BCUT2D eigenvalue weighted by Crippen LogP contribution is -2.32. The quantitative estimate of drug-likeness (QED) is 0.501. The molecule has 9 nitrogen and oxygen atoms in total. The third kappa shape index (κ3) is 4.45. The SMILES string of the molecule is COC(=O)CC(c1ccc(O)c(OC)c1)c1c(O)ccc2c1O/C(=C\N1CCOCC1)C2=O. The number of methoxy groups -OCH3 is 2. The number of allylic oxidation sites excluding steroid dienone is 1. The molecule has 2 aromatic carbocycles. The first-order valence-electron chi connectivity index (χ1n) is 10.5. The van der Waals surface area contributed by atoms with Crippen molar-refractivity contribution < 1.29 is 38.7 Å². The van der Waals surface area contributed by atoms with E-state index in [1.165, 1.54) is 32.4 Å². The highest BCUT2D eigenvalue weighted by atomic mass is 16.5. The lowest BCUT2D eigenvalue weighted by Gasteiger charge is -2.25. The number of rotatable bonds is 6. The zero-order valence-corrected chi connectivity index (χ0v) is 18.4. The van der Waals surface area contributed by atoms with Crippen LogP contribution in [0.3, 0.4) is 0 Å². The fourth-order valence-corrected chi connectivity index (χ4v) is 4.01. The molecule has 0 spiro atoms. The second-order valence-corrected chi connectivity index (χ2v) is 7.71. The summed E-state index contributed by atoms with van der Waals surface area (Å²) >= 11 is 0. The molecule has 174 valence electrons. The number of carbonyl (C=O) groups excluding carboxylic acids is 2. The molecule has 0 saturated carbocycles. The molecule has 0 aromatic heterocycles. The Labute approximate surface area is 190 Å². The summed E-state index contributed by atoms with van der Waals surface area (Å²) in [5.74, 6) is -1.20. The van der Waals surface area contributed by atoms with Gasteiger partial charge < -0.3 is 34.1 Å². The number of phenols is 2. The van der Waals surface area contributed by atoms with Gasteiger partial charge in [-0.3, -0.25) is 9.59 Å². The van der Waals surface area contributed by atoms with E-state index in [1.807, 2.05) is 4.90 Å². The molecule has 4 rings (SSSR count). The minimum Gasteiger partial charge on any atom is -0.508 e. The van der Waals surface area contributed by atoms with E-state index < -0.39 is 11.9 Å². The molecule has 2 aliphatic rings. The van der Waals surface area contributed by atoms with Gasteiger partial charge in [0.05, 0.1) is 39.4 Å². The summed E-state index contributed by atoms with van der Waals surface area (Å²) in [7, 11) is 2.69. The van der Waals surface area contributed by atoms with Crippen molar-refractivity contribution in [2.24, 2.45) is 0 Å². The Kier molecular flexibility index (Phi) is 6.41. The molecule has 33 heavy (non-hydrogen) atoms. The zero-order valence-electron chi connectivity index (χ0n) is 18.4. The summed E-state index contributed by atoms with van der Waals surface area (Å²) in [5.41, 5.74) is 1.15. The Balaban J connectivity index is 1.79. The third-order valence-corrected chi connectivity index (χ3v) is 5.75. The van der Waals surface area contributed by atoms with E-state index in [2.05, 4.69) is 0 Å². The van der Waals surface area contributed by atoms with Crippen LogP contribution < -0.4 is 9.47 Å². The van der Waals surface area contributed by atoms with E-state index in [0.717, 1.165) is 0 Å². The number of aromatic hydroxyl groups is 2. The topological polar surface area (TPSA) is 115 Å². The summed E-state index contributed by atoms with van der Waals surface area (Å²) < 4.78 is 21.4. The van der Waals surface area contributed by atoms with Gasteiger partial charge in [-0.2, -0.15) is 0 Å². The van der Waals surface area contributed by atoms with E-state index in [-0.39, 0.29) is 46.5 Å². The molecule has 0 bridgehead atoms. The number of morpholine rings is 1. The zero-order chi connectivity index (χ0) is 23.5. The highest BCUT2D eigenvalue weighted by Gasteiger charge is 2.36. The number of esters is 1. The van der Waals surface area contributed by atoms with Gasteiger partial charge in [-0.1, -0.05) is 6.07 Å². The number of hydrogen-bond acceptors (Lipinski definition) is 9. The summed E-state index contributed by atoms with van der Waals surface area (Å²) in [6, 6.07) is 7.54. The van der Waals surface area contributed by atoms with Crippen molar-refractivity contribution in [2.75, 3.05) is 40.5 Å². The minimum absolute atomic E-state index is 0.0669. The summed E-state index contributed by atoms with van der Waals surface area (Å²) in [4.78, 5) is 27.3. The molecule has 0 amide bonds. The van der Waals surface area contributed by atoms with Crippen LogP contribution in [0.15, 0.2) is 42.3 Å². The first kappa shape index (κ1) is 22.5. The van der Waals surface area contributed by atoms with Crippen molar-refractivity contribution >= 4 is 11.8 Å². The number of ketones is 1. The second-order valence-electron chi connectivity index (χ2n) is 7.71. The molecular weight excluding hydrogens is 430 g/mol. The monoisotopic (exact) mass is 455 g/mol. The van der Waals surface area contributed by atoms with Gasteiger partial charge in [0, 0.05) is 30.8 Å². The van der Waals surface area contributed by atoms with Crippen molar-refractivity contribution in [1.82, 2.24) is 4.90 Å². The van der Waals surface area contributed by atoms with Crippen molar-refractivity contribution in [3.8, 4) is 23.0 Å². The molecular formula is C24H25NO8. The van der Waals surface area contributed by atoms with E-state index in [1.54, 1.807) is 18.3 Å². The second kappa shape index (κ2) is 9.41. The fraction of sp³-hybridized carbons (Fsp3) is 0.333. The highest BCUT2D eigenvalue weighted by molar-refractivity contribution is 6.12. The van der Waals surface area contributed by atoms with E-state index in [0.29, 0.717) is 37.4 Å². The summed E-state index contributed by atoms with van der Waals surface area (Å²) in [6.45, 7) is 2.38. The van der Waals surface area contributed by atoms with Gasteiger partial charge in [0.15, 0.2) is 17.3 Å². The van der Waals surface area contributed by atoms with Gasteiger partial charge >= 0.3 is 5.97 Å². The first-order valence-corrected chi connectivity index (χ1v) is 10.5. The maximum absolute atomic E-state index is 13.0. The van der Waals surface area contributed by atoms with E-state index >= 15 is 0 Å². The summed E-state index contributed by atoms with van der Waals surface area (Å²) in [6.07, 6.45) is 1.53. The van der Waals surface area contributed by atoms with Gasteiger partial charge in [-0.25, -0.2) is 0 Å². The molecule has 2 aliphatic heterocycles. The number of carbonyl (C=O) groups is 2. The summed E-state index contributed by atoms with van der Waals surface area (Å²) in [5, 5.41) is 20.8. The van der Waals surface area contributed by atoms with Crippen molar-refractivity contribution in [1.29, 1.82) is 0 Å². The molecule has 2 N–H and O–H groups in total. The smallest absolute Gasteiger partial charge is 0.306 e. The molecule has 1 fully saturated rings. The average molecular weight is 455 g/mol. The van der Waals surface area contributed by atoms with Gasteiger partial charge in [-0.05, 0) is 29.8 Å². The van der Waals surface area contributed by atoms with E-state index in [9.17, 15) is 19.8 Å². The minimum atomic E-state index is -0.725. The number of phenolic OH excluding ortho intramolecular Hbond substituents is 2. The van der Waals surface area contributed by atoms with Crippen LogP contribution in [0.2, 0.25) is 0 Å². The van der Waals surface area contributed by atoms with Gasteiger partial charge in [0.25, 0.3) is 0 Å². The third-order valence-electron chi connectivity index (χ3n) is 5.75. The molecule has 1 saturated heterocycles. The van der Waals surface area contributed by atoms with Crippen LogP contribution in [0.4, 0.5) is 0 Å². The number of nitrogens with zero attached hydrogens (tertiary/aromatic N) is 1. The van der Waals surface area contributed by atoms with E-state index in [4.69, 9.17) is 18.9 Å². The Hall–Kier alpha value is -3.72. The number of hydrogen-bond donors (Lipinski definition) is 2. The number of fused-ring (bicyclic) bond motifs is 1. The first-order chi connectivity index (χ1) is 15.9. The largest absolute Gasteiger partial charge is 0.508 e. The van der Waals surface area contributed by atoms with Crippen LogP contribution in [0.5, 0.6) is 23.0 Å². The van der Waals surface area contributed by atoms with Crippen LogP contribution in [-0.2, 0) is 14.3 Å². The Morgan fingerprint density at radius 1 is 1.15 bits per heavy atom. The Bertz CT molecular complexity index is 1100. The Morgan fingerprint density at radius 2 is 1.88 bits per heavy atom. The molecule has 0 radical (unpaired) electrons. The lowest BCUT2D eigenvalue weighted by atomic mass is 9.86. The van der Waals surface area contributed by atoms with Gasteiger partial charge in [0.2, 0.25) is 5.78 Å². The molecule has 1 unspecified atom stereocenters. The van der Waals surface area contributed by atoms with Gasteiger partial charge in [0.1, 0.15) is 11.5 Å². The van der Waals surface area contributed by atoms with Crippen molar-refractivity contribution in [3.05, 3.63) is 59.0 Å². The van der Waals surface area contributed by atoms with Crippen LogP contribution >= 0.6 is 0 Å². The highest BCUT2D eigenvalue weighted by Crippen LogP contribution is 2.47. The maximum Gasteiger partial charge on any atom is 0.306 e. The van der Waals surface area contributed by atoms with Crippen molar-refractivity contribution in [3.63, 3.8) is 0 Å². The van der Waals surface area contributed by atoms with Gasteiger partial charge in [-0.15, -0.1) is 0 Å². The fourth-order valence-electron chi connectivity index (χ4n) is 4.01. The maximum atomic E-state index is 13.0.